The second-order valence-corrected chi connectivity index (χ2v) is 2.54. The highest BCUT2D eigenvalue weighted by Crippen LogP contribution is 1.96. The molecule has 0 N–H and O–H groups in total. The summed E-state index contributed by atoms with van der Waals surface area (Å²) in [5, 5.41) is 7.62. The van der Waals surface area contributed by atoms with Gasteiger partial charge in [0.1, 0.15) is 5.44 Å². The number of aromatic nitrogens is 3. The fourth-order valence-corrected chi connectivity index (χ4v) is 0.923. The topological polar surface area (TPSA) is 30.7 Å². The number of aryl methyl sites for hydroxylation is 1. The Morgan fingerprint density at radius 2 is 2.50 bits per heavy atom. The van der Waals surface area contributed by atoms with E-state index in [0.29, 0.717) is 0 Å². The molecule has 0 fully saturated rings. The van der Waals surface area contributed by atoms with Gasteiger partial charge in [-0.25, -0.2) is 0 Å². The van der Waals surface area contributed by atoms with Crippen LogP contribution < -0.4 is 5.44 Å². The van der Waals surface area contributed by atoms with E-state index in [4.69, 9.17) is 0 Å². The van der Waals surface area contributed by atoms with Crippen LogP contribution >= 0.6 is 8.58 Å². The molecule has 1 aromatic heterocycles. The normalized spacial score (nSPS) is 11.2. The number of hydrogen-bond donors (Lipinski definition) is 0. The third-order valence-electron chi connectivity index (χ3n) is 0.859. The van der Waals surface area contributed by atoms with Crippen molar-refractivity contribution in [3.63, 3.8) is 0 Å². The highest BCUT2D eigenvalue weighted by molar-refractivity contribution is 7.45. The van der Waals surface area contributed by atoms with E-state index < -0.39 is 0 Å². The van der Waals surface area contributed by atoms with Gasteiger partial charge in [-0.3, -0.25) is 4.68 Å². The van der Waals surface area contributed by atoms with Crippen LogP contribution in [0.3, 0.4) is 0 Å². The zero-order valence-corrected chi connectivity index (χ0v) is 5.92. The van der Waals surface area contributed by atoms with Crippen LogP contribution in [0.25, 0.3) is 0 Å². The van der Waals surface area contributed by atoms with Crippen molar-refractivity contribution in [3.8, 4) is 0 Å². The summed E-state index contributed by atoms with van der Waals surface area (Å²) in [6, 6.07) is 0. The maximum absolute atomic E-state index is 3.86. The first-order chi connectivity index (χ1) is 3.83. The van der Waals surface area contributed by atoms with Crippen LogP contribution in [-0.2, 0) is 7.05 Å². The van der Waals surface area contributed by atoms with E-state index >= 15 is 0 Å². The Morgan fingerprint density at radius 3 is 2.75 bits per heavy atom. The van der Waals surface area contributed by atoms with Gasteiger partial charge >= 0.3 is 0 Å². The lowest BCUT2D eigenvalue weighted by atomic mass is 10.9. The molecule has 0 saturated carbocycles. The molecule has 0 aliphatic carbocycles. The SMILES string of the molecule is CPc1cn(C)nn1. The van der Waals surface area contributed by atoms with Gasteiger partial charge in [0.15, 0.2) is 0 Å². The average Bonchev–Trinajstić information content (AvgIpc) is 2.14. The Kier molecular flexibility index (Phi) is 1.59. The molecule has 8 heavy (non-hydrogen) atoms. The lowest BCUT2D eigenvalue weighted by Crippen LogP contribution is -1.91. The van der Waals surface area contributed by atoms with Crippen LogP contribution in [-0.4, -0.2) is 21.7 Å². The Hall–Kier alpha value is -0.430. The molecule has 1 aromatic rings. The summed E-state index contributed by atoms with van der Waals surface area (Å²) in [5.41, 5.74) is 1.08. The molecule has 44 valence electrons. The third kappa shape index (κ3) is 1.04. The van der Waals surface area contributed by atoms with Gasteiger partial charge in [-0.2, -0.15) is 0 Å². The summed E-state index contributed by atoms with van der Waals surface area (Å²) < 4.78 is 1.71. The van der Waals surface area contributed by atoms with Gasteiger partial charge in [-0.05, 0) is 6.66 Å². The molecule has 0 bridgehead atoms. The Morgan fingerprint density at radius 1 is 1.75 bits per heavy atom. The van der Waals surface area contributed by atoms with E-state index in [1.165, 1.54) is 0 Å². The minimum atomic E-state index is 0.756. The number of rotatable bonds is 1. The second kappa shape index (κ2) is 2.23. The van der Waals surface area contributed by atoms with Crippen molar-refractivity contribution in [1.82, 2.24) is 15.0 Å². The van der Waals surface area contributed by atoms with Crippen molar-refractivity contribution >= 4 is 14.0 Å². The zero-order chi connectivity index (χ0) is 5.98. The van der Waals surface area contributed by atoms with Crippen LogP contribution in [0.1, 0.15) is 0 Å². The average molecular weight is 129 g/mol. The number of nitrogens with zero attached hydrogens (tertiary/aromatic N) is 3. The third-order valence-corrected chi connectivity index (χ3v) is 1.60. The largest absolute Gasteiger partial charge is 0.255 e. The fraction of sp³-hybridized carbons (Fsp3) is 0.500. The van der Waals surface area contributed by atoms with Crippen molar-refractivity contribution in [1.29, 1.82) is 0 Å². The molecular formula is C4H8N3P. The van der Waals surface area contributed by atoms with Gasteiger partial charge in [-0.1, -0.05) is 13.8 Å². The predicted molar refractivity (Wildman–Crippen MR) is 34.9 cm³/mol. The minimum Gasteiger partial charge on any atom is -0.255 e. The van der Waals surface area contributed by atoms with Gasteiger partial charge in [0.05, 0.1) is 6.20 Å². The molecule has 1 heterocycles. The van der Waals surface area contributed by atoms with Crippen LogP contribution in [0.2, 0.25) is 0 Å². The molecule has 0 radical (unpaired) electrons. The maximum atomic E-state index is 3.86. The molecule has 1 rings (SSSR count). The molecule has 0 spiro atoms. The first-order valence-corrected chi connectivity index (χ1v) is 3.87. The van der Waals surface area contributed by atoms with Crippen LogP contribution in [0.4, 0.5) is 0 Å². The maximum Gasteiger partial charge on any atom is 0.102 e. The van der Waals surface area contributed by atoms with Gasteiger partial charge in [-0.15, -0.1) is 5.10 Å². The van der Waals surface area contributed by atoms with Crippen molar-refractivity contribution < 1.29 is 0 Å². The molecule has 0 saturated heterocycles. The van der Waals surface area contributed by atoms with Gasteiger partial charge in [0.2, 0.25) is 0 Å². The van der Waals surface area contributed by atoms with E-state index in [-0.39, 0.29) is 0 Å². The summed E-state index contributed by atoms with van der Waals surface area (Å²) in [4.78, 5) is 0. The monoisotopic (exact) mass is 129 g/mol. The number of hydrogen-bond acceptors (Lipinski definition) is 2. The van der Waals surface area contributed by atoms with Crippen molar-refractivity contribution in [2.45, 2.75) is 0 Å². The predicted octanol–water partition coefficient (Wildman–Crippen LogP) is -0.251. The summed E-state index contributed by atoms with van der Waals surface area (Å²) in [7, 11) is 2.63. The van der Waals surface area contributed by atoms with Gasteiger partial charge in [0, 0.05) is 7.05 Å². The van der Waals surface area contributed by atoms with Crippen molar-refractivity contribution in [3.05, 3.63) is 6.20 Å². The summed E-state index contributed by atoms with van der Waals surface area (Å²) >= 11 is 0. The van der Waals surface area contributed by atoms with E-state index in [0.717, 1.165) is 14.0 Å². The van der Waals surface area contributed by atoms with E-state index in [1.807, 2.05) is 13.2 Å². The van der Waals surface area contributed by atoms with Gasteiger partial charge in [0.25, 0.3) is 0 Å². The molecular weight excluding hydrogens is 121 g/mol. The van der Waals surface area contributed by atoms with Gasteiger partial charge < -0.3 is 0 Å². The summed E-state index contributed by atoms with van der Waals surface area (Å²) in [6.45, 7) is 2.09. The van der Waals surface area contributed by atoms with E-state index in [9.17, 15) is 0 Å². The van der Waals surface area contributed by atoms with Crippen LogP contribution in [0.15, 0.2) is 6.20 Å². The second-order valence-electron chi connectivity index (χ2n) is 1.53. The molecule has 1 atom stereocenters. The first kappa shape index (κ1) is 5.70. The fourth-order valence-electron chi connectivity index (χ4n) is 0.462. The van der Waals surface area contributed by atoms with Crippen molar-refractivity contribution in [2.75, 3.05) is 6.66 Å². The lowest BCUT2D eigenvalue weighted by Gasteiger charge is -1.78. The first-order valence-electron chi connectivity index (χ1n) is 2.37. The molecule has 1 unspecified atom stereocenters. The molecule has 0 aliphatic rings. The molecule has 0 aliphatic heterocycles. The minimum absolute atomic E-state index is 0.756. The highest BCUT2D eigenvalue weighted by atomic mass is 31.1. The highest BCUT2D eigenvalue weighted by Gasteiger charge is 1.89. The Balaban J connectivity index is 2.84. The van der Waals surface area contributed by atoms with Crippen molar-refractivity contribution in [2.24, 2.45) is 7.05 Å². The molecule has 0 amide bonds. The van der Waals surface area contributed by atoms with E-state index in [2.05, 4.69) is 17.0 Å². The molecule has 0 aromatic carbocycles. The van der Waals surface area contributed by atoms with Crippen LogP contribution in [0, 0.1) is 0 Å². The lowest BCUT2D eigenvalue weighted by molar-refractivity contribution is 0.715. The quantitative estimate of drug-likeness (QED) is 0.489. The summed E-state index contributed by atoms with van der Waals surface area (Å²) in [5.74, 6) is 0. The standard InChI is InChI=1S/C4H8N3P/c1-7-3-4(8-2)5-6-7/h3,8H,1-2H3. The smallest absolute Gasteiger partial charge is 0.102 e. The molecule has 3 nitrogen and oxygen atoms in total. The van der Waals surface area contributed by atoms with Crippen LogP contribution in [0.5, 0.6) is 0 Å². The zero-order valence-electron chi connectivity index (χ0n) is 4.92. The molecule has 4 heteroatoms. The Labute approximate surface area is 49.9 Å². The summed E-state index contributed by atoms with van der Waals surface area (Å²) in [6.07, 6.45) is 1.93. The Bertz CT molecular complexity index is 172. The van der Waals surface area contributed by atoms with E-state index in [1.54, 1.807) is 4.68 Å².